The van der Waals surface area contributed by atoms with Crippen LogP contribution in [0.5, 0.6) is 0 Å². The molecule has 0 atom stereocenters. The van der Waals surface area contributed by atoms with Gasteiger partial charge in [0.05, 0.1) is 5.01 Å². The summed E-state index contributed by atoms with van der Waals surface area (Å²) in [4.78, 5) is 28.4. The highest BCUT2D eigenvalue weighted by atomic mass is 32.1. The van der Waals surface area contributed by atoms with Crippen molar-refractivity contribution in [2.45, 2.75) is 39.2 Å². The van der Waals surface area contributed by atoms with Gasteiger partial charge in [0.1, 0.15) is 0 Å². The van der Waals surface area contributed by atoms with Crippen molar-refractivity contribution in [2.75, 3.05) is 13.1 Å². The van der Waals surface area contributed by atoms with Crippen LogP contribution in [0.4, 0.5) is 4.79 Å². The summed E-state index contributed by atoms with van der Waals surface area (Å²) in [6, 6.07) is -0.0589. The van der Waals surface area contributed by atoms with Crippen LogP contribution in [0, 0.1) is 0 Å². The maximum Gasteiger partial charge on any atom is 0.317 e. The minimum atomic E-state index is -0.844. The average Bonchev–Trinajstić information content (AvgIpc) is 2.87. The molecule has 0 aliphatic heterocycles. The van der Waals surface area contributed by atoms with Crippen molar-refractivity contribution in [3.05, 3.63) is 16.6 Å². The van der Waals surface area contributed by atoms with Gasteiger partial charge in [0, 0.05) is 43.5 Å². The first-order chi connectivity index (χ1) is 9.50. The van der Waals surface area contributed by atoms with Crippen molar-refractivity contribution in [3.63, 3.8) is 0 Å². The molecule has 7 heteroatoms. The Labute approximate surface area is 122 Å². The maximum absolute atomic E-state index is 12.0. The largest absolute Gasteiger partial charge is 0.481 e. The predicted octanol–water partition coefficient (Wildman–Crippen LogP) is 1.97. The Morgan fingerprint density at radius 3 is 2.80 bits per heavy atom. The van der Waals surface area contributed by atoms with Crippen LogP contribution in [-0.2, 0) is 11.2 Å². The monoisotopic (exact) mass is 299 g/mol. The van der Waals surface area contributed by atoms with E-state index in [0.717, 1.165) is 11.4 Å². The second-order valence-electron chi connectivity index (χ2n) is 4.69. The first kappa shape index (κ1) is 16.4. The summed E-state index contributed by atoms with van der Waals surface area (Å²) in [6.07, 6.45) is 3.00. The van der Waals surface area contributed by atoms with Crippen molar-refractivity contribution < 1.29 is 14.7 Å². The fourth-order valence-electron chi connectivity index (χ4n) is 1.72. The van der Waals surface area contributed by atoms with Gasteiger partial charge in [-0.1, -0.05) is 0 Å². The Kier molecular flexibility index (Phi) is 7.00. The van der Waals surface area contributed by atoms with E-state index < -0.39 is 5.97 Å². The second kappa shape index (κ2) is 8.52. The van der Waals surface area contributed by atoms with Crippen molar-refractivity contribution >= 4 is 23.3 Å². The fourth-order valence-corrected chi connectivity index (χ4v) is 2.33. The highest BCUT2D eigenvalue weighted by Crippen LogP contribution is 2.07. The first-order valence-corrected chi connectivity index (χ1v) is 7.53. The molecule has 1 aromatic heterocycles. The molecule has 0 saturated heterocycles. The zero-order chi connectivity index (χ0) is 15.0. The van der Waals surface area contributed by atoms with Gasteiger partial charge in [0.15, 0.2) is 0 Å². The van der Waals surface area contributed by atoms with E-state index in [4.69, 9.17) is 5.11 Å². The van der Waals surface area contributed by atoms with E-state index >= 15 is 0 Å². The molecule has 1 heterocycles. The van der Waals surface area contributed by atoms with E-state index in [2.05, 4.69) is 10.3 Å². The highest BCUT2D eigenvalue weighted by molar-refractivity contribution is 7.09. The minimum Gasteiger partial charge on any atom is -0.481 e. The molecule has 0 aliphatic rings. The number of hydrogen-bond acceptors (Lipinski definition) is 4. The molecule has 2 amide bonds. The fraction of sp³-hybridized carbons (Fsp3) is 0.615. The third-order valence-electron chi connectivity index (χ3n) is 2.78. The number of carboxylic acid groups (broad SMARTS) is 1. The number of hydrogen-bond donors (Lipinski definition) is 2. The number of urea groups is 1. The number of thiazole rings is 1. The Balaban J connectivity index is 2.36. The van der Waals surface area contributed by atoms with E-state index in [1.165, 1.54) is 0 Å². The van der Waals surface area contributed by atoms with E-state index in [-0.39, 0.29) is 18.5 Å². The Morgan fingerprint density at radius 2 is 2.25 bits per heavy atom. The van der Waals surface area contributed by atoms with Crippen LogP contribution in [0.2, 0.25) is 0 Å². The third-order valence-corrected chi connectivity index (χ3v) is 3.62. The SMILES string of the molecule is CC(C)N(CCc1nccs1)C(=O)NCCCC(=O)O. The van der Waals surface area contributed by atoms with E-state index in [1.807, 2.05) is 19.2 Å². The normalized spacial score (nSPS) is 10.6. The van der Waals surface area contributed by atoms with Gasteiger partial charge in [-0.3, -0.25) is 4.79 Å². The van der Waals surface area contributed by atoms with Gasteiger partial charge in [-0.2, -0.15) is 0 Å². The van der Waals surface area contributed by atoms with Gasteiger partial charge in [-0.05, 0) is 20.3 Å². The lowest BCUT2D eigenvalue weighted by atomic mass is 10.3. The van der Waals surface area contributed by atoms with Crippen LogP contribution in [-0.4, -0.2) is 46.1 Å². The molecule has 0 unspecified atom stereocenters. The molecular formula is C13H21N3O3S. The molecule has 1 aromatic rings. The first-order valence-electron chi connectivity index (χ1n) is 6.65. The van der Waals surface area contributed by atoms with E-state index in [0.29, 0.717) is 19.5 Å². The standard InChI is InChI=1S/C13H21N3O3S/c1-10(2)16(8-5-11-14-7-9-20-11)13(19)15-6-3-4-12(17)18/h7,9-10H,3-6,8H2,1-2H3,(H,15,19)(H,17,18). The van der Waals surface area contributed by atoms with E-state index in [9.17, 15) is 9.59 Å². The number of carbonyl (C=O) groups excluding carboxylic acids is 1. The smallest absolute Gasteiger partial charge is 0.317 e. The number of aliphatic carboxylic acids is 1. The topological polar surface area (TPSA) is 82.5 Å². The quantitative estimate of drug-likeness (QED) is 0.719. The lowest BCUT2D eigenvalue weighted by Crippen LogP contribution is -2.45. The number of carbonyl (C=O) groups is 2. The zero-order valence-corrected chi connectivity index (χ0v) is 12.7. The average molecular weight is 299 g/mol. The molecule has 20 heavy (non-hydrogen) atoms. The Hall–Kier alpha value is -1.63. The molecule has 1 rings (SSSR count). The number of amides is 2. The molecule has 112 valence electrons. The maximum atomic E-state index is 12.0. The lowest BCUT2D eigenvalue weighted by Gasteiger charge is -2.26. The van der Waals surface area contributed by atoms with Gasteiger partial charge in [0.25, 0.3) is 0 Å². The Morgan fingerprint density at radius 1 is 1.50 bits per heavy atom. The third kappa shape index (κ3) is 6.01. The number of carboxylic acids is 1. The number of nitrogens with one attached hydrogen (secondary N) is 1. The molecule has 0 aromatic carbocycles. The molecule has 0 radical (unpaired) electrons. The van der Waals surface area contributed by atoms with E-state index in [1.54, 1.807) is 22.4 Å². The summed E-state index contributed by atoms with van der Waals surface area (Å²) >= 11 is 1.58. The van der Waals surface area contributed by atoms with Gasteiger partial charge in [-0.25, -0.2) is 9.78 Å². The molecule has 6 nitrogen and oxygen atoms in total. The molecular weight excluding hydrogens is 278 g/mol. The summed E-state index contributed by atoms with van der Waals surface area (Å²) in [5, 5.41) is 14.2. The van der Waals surface area contributed by atoms with Crippen molar-refractivity contribution in [2.24, 2.45) is 0 Å². The summed E-state index contributed by atoms with van der Waals surface area (Å²) in [6.45, 7) is 4.90. The molecule has 0 spiro atoms. The number of rotatable bonds is 8. The highest BCUT2D eigenvalue weighted by Gasteiger charge is 2.16. The molecule has 0 bridgehead atoms. The van der Waals surface area contributed by atoms with Crippen LogP contribution in [0.1, 0.15) is 31.7 Å². The van der Waals surface area contributed by atoms with Gasteiger partial charge in [-0.15, -0.1) is 11.3 Å². The Bertz CT molecular complexity index is 421. The van der Waals surface area contributed by atoms with Crippen LogP contribution in [0.15, 0.2) is 11.6 Å². The van der Waals surface area contributed by atoms with Gasteiger partial charge < -0.3 is 15.3 Å². The molecule has 2 N–H and O–H groups in total. The van der Waals surface area contributed by atoms with Gasteiger partial charge in [0.2, 0.25) is 0 Å². The summed E-state index contributed by atoms with van der Waals surface area (Å²) < 4.78 is 0. The lowest BCUT2D eigenvalue weighted by molar-refractivity contribution is -0.137. The zero-order valence-electron chi connectivity index (χ0n) is 11.8. The predicted molar refractivity (Wildman–Crippen MR) is 77.9 cm³/mol. The van der Waals surface area contributed by atoms with Crippen molar-refractivity contribution in [1.29, 1.82) is 0 Å². The van der Waals surface area contributed by atoms with Crippen LogP contribution >= 0.6 is 11.3 Å². The molecule has 0 saturated carbocycles. The summed E-state index contributed by atoms with van der Waals surface area (Å²) in [5.74, 6) is -0.844. The molecule has 0 fully saturated rings. The summed E-state index contributed by atoms with van der Waals surface area (Å²) in [5.41, 5.74) is 0. The molecule has 0 aliphatic carbocycles. The van der Waals surface area contributed by atoms with Crippen LogP contribution < -0.4 is 5.32 Å². The summed E-state index contributed by atoms with van der Waals surface area (Å²) in [7, 11) is 0. The van der Waals surface area contributed by atoms with Gasteiger partial charge >= 0.3 is 12.0 Å². The minimum absolute atomic E-state index is 0.0705. The second-order valence-corrected chi connectivity index (χ2v) is 5.67. The van der Waals surface area contributed by atoms with Crippen LogP contribution in [0.3, 0.4) is 0 Å². The van der Waals surface area contributed by atoms with Crippen molar-refractivity contribution in [1.82, 2.24) is 15.2 Å². The van der Waals surface area contributed by atoms with Crippen LogP contribution in [0.25, 0.3) is 0 Å². The number of aromatic nitrogens is 1. The van der Waals surface area contributed by atoms with Crippen molar-refractivity contribution in [3.8, 4) is 0 Å². The number of nitrogens with zero attached hydrogens (tertiary/aromatic N) is 2.